The van der Waals surface area contributed by atoms with E-state index in [1.54, 1.807) is 17.1 Å². The van der Waals surface area contributed by atoms with Gasteiger partial charge in [-0.05, 0) is 35.9 Å². The van der Waals surface area contributed by atoms with Crippen LogP contribution in [0, 0.1) is 5.82 Å². The zero-order chi connectivity index (χ0) is 18.5. The monoisotopic (exact) mass is 352 g/mol. The second kappa shape index (κ2) is 7.60. The van der Waals surface area contributed by atoms with Crippen molar-refractivity contribution in [2.75, 3.05) is 10.6 Å². The molecular formula is C19H17FN4O2. The fraction of sp³-hybridized carbons (Fsp3) is 0.105. The Labute approximate surface area is 149 Å². The van der Waals surface area contributed by atoms with Gasteiger partial charge in [0.25, 0.3) is 0 Å². The summed E-state index contributed by atoms with van der Waals surface area (Å²) in [4.78, 5) is 23.3. The third-order valence-corrected chi connectivity index (χ3v) is 3.58. The fourth-order valence-electron chi connectivity index (χ4n) is 2.45. The molecule has 0 saturated heterocycles. The zero-order valence-corrected chi connectivity index (χ0v) is 14.1. The van der Waals surface area contributed by atoms with Crippen LogP contribution >= 0.6 is 0 Å². The van der Waals surface area contributed by atoms with Crippen LogP contribution in [0.2, 0.25) is 0 Å². The van der Waals surface area contributed by atoms with Crippen molar-refractivity contribution < 1.29 is 14.0 Å². The van der Waals surface area contributed by atoms with Gasteiger partial charge >= 0.3 is 0 Å². The summed E-state index contributed by atoms with van der Waals surface area (Å²) in [6.45, 7) is 1.29. The molecule has 2 N–H and O–H groups in total. The Morgan fingerprint density at radius 1 is 1.12 bits per heavy atom. The Hall–Kier alpha value is -3.48. The lowest BCUT2D eigenvalue weighted by atomic mass is 10.2. The summed E-state index contributed by atoms with van der Waals surface area (Å²) < 4.78 is 15.3. The highest BCUT2D eigenvalue weighted by Crippen LogP contribution is 2.20. The maximum atomic E-state index is 13.6. The molecular weight excluding hydrogens is 335 g/mol. The second-order valence-electron chi connectivity index (χ2n) is 5.73. The predicted molar refractivity (Wildman–Crippen MR) is 96.6 cm³/mol. The zero-order valence-electron chi connectivity index (χ0n) is 14.1. The molecule has 132 valence electrons. The minimum absolute atomic E-state index is 0.0206. The fourth-order valence-corrected chi connectivity index (χ4v) is 2.45. The number of aromatic nitrogens is 2. The van der Waals surface area contributed by atoms with Crippen molar-refractivity contribution in [2.24, 2.45) is 0 Å². The van der Waals surface area contributed by atoms with E-state index in [0.29, 0.717) is 5.69 Å². The first-order valence-corrected chi connectivity index (χ1v) is 7.97. The highest BCUT2D eigenvalue weighted by molar-refractivity contribution is 5.94. The van der Waals surface area contributed by atoms with Gasteiger partial charge in [-0.15, -0.1) is 0 Å². The number of carbonyl (C=O) groups is 2. The first kappa shape index (κ1) is 17.3. The Morgan fingerprint density at radius 2 is 1.88 bits per heavy atom. The van der Waals surface area contributed by atoms with Crippen molar-refractivity contribution in [2.45, 2.75) is 13.3 Å². The Kier molecular flexibility index (Phi) is 5.07. The molecule has 0 fully saturated rings. The van der Waals surface area contributed by atoms with Crippen molar-refractivity contribution in [3.05, 3.63) is 72.3 Å². The van der Waals surface area contributed by atoms with Crippen LogP contribution in [0.3, 0.4) is 0 Å². The molecule has 2 aromatic carbocycles. The molecule has 26 heavy (non-hydrogen) atoms. The lowest BCUT2D eigenvalue weighted by molar-refractivity contribution is -0.115. The van der Waals surface area contributed by atoms with Crippen LogP contribution in [0.4, 0.5) is 15.8 Å². The Balaban J connectivity index is 1.66. The van der Waals surface area contributed by atoms with Crippen LogP contribution in [0.5, 0.6) is 0 Å². The van der Waals surface area contributed by atoms with Gasteiger partial charge in [0.1, 0.15) is 5.82 Å². The van der Waals surface area contributed by atoms with Gasteiger partial charge in [0.2, 0.25) is 11.8 Å². The van der Waals surface area contributed by atoms with E-state index in [1.165, 1.54) is 25.1 Å². The van der Waals surface area contributed by atoms with Gasteiger partial charge in [-0.1, -0.05) is 18.2 Å². The maximum Gasteiger partial charge on any atom is 0.228 e. The molecule has 0 aliphatic heterocycles. The quantitative estimate of drug-likeness (QED) is 0.741. The van der Waals surface area contributed by atoms with E-state index in [2.05, 4.69) is 15.7 Å². The number of hydrogen-bond acceptors (Lipinski definition) is 3. The molecule has 3 aromatic rings. The number of nitrogens with zero attached hydrogens (tertiary/aromatic N) is 2. The largest absolute Gasteiger partial charge is 0.326 e. The lowest BCUT2D eigenvalue weighted by Crippen LogP contribution is -2.15. The summed E-state index contributed by atoms with van der Waals surface area (Å²) >= 11 is 0. The van der Waals surface area contributed by atoms with E-state index in [-0.39, 0.29) is 23.9 Å². The molecule has 0 saturated carbocycles. The summed E-state index contributed by atoms with van der Waals surface area (Å²) in [5, 5.41) is 9.31. The van der Waals surface area contributed by atoms with Crippen LogP contribution in [-0.2, 0) is 16.0 Å². The first-order valence-electron chi connectivity index (χ1n) is 7.97. The molecule has 0 atom stereocenters. The molecule has 0 unspecified atom stereocenters. The van der Waals surface area contributed by atoms with E-state index in [0.717, 1.165) is 11.3 Å². The molecule has 1 aromatic heterocycles. The average Bonchev–Trinajstić information content (AvgIpc) is 3.06. The van der Waals surface area contributed by atoms with E-state index >= 15 is 0 Å². The van der Waals surface area contributed by atoms with Gasteiger partial charge in [-0.3, -0.25) is 9.59 Å². The first-order chi connectivity index (χ1) is 12.5. The Bertz CT molecular complexity index is 938. The summed E-state index contributed by atoms with van der Waals surface area (Å²) in [6.07, 6.45) is 3.53. The number of nitrogens with one attached hydrogen (secondary N) is 2. The molecule has 2 amide bonds. The van der Waals surface area contributed by atoms with Gasteiger partial charge < -0.3 is 10.6 Å². The summed E-state index contributed by atoms with van der Waals surface area (Å²) in [6, 6.07) is 13.6. The number of carbonyl (C=O) groups excluding carboxylic acids is 2. The van der Waals surface area contributed by atoms with Crippen molar-refractivity contribution in [3.8, 4) is 5.69 Å². The molecule has 0 radical (unpaired) electrons. The van der Waals surface area contributed by atoms with Gasteiger partial charge in [0.05, 0.1) is 24.0 Å². The Morgan fingerprint density at radius 3 is 2.62 bits per heavy atom. The third kappa shape index (κ3) is 4.32. The van der Waals surface area contributed by atoms with Crippen molar-refractivity contribution in [1.82, 2.24) is 9.78 Å². The lowest BCUT2D eigenvalue weighted by Gasteiger charge is -2.08. The van der Waals surface area contributed by atoms with Crippen LogP contribution in [0.1, 0.15) is 12.5 Å². The van der Waals surface area contributed by atoms with Crippen LogP contribution in [-0.4, -0.2) is 21.6 Å². The number of halogens is 1. The van der Waals surface area contributed by atoms with Crippen LogP contribution < -0.4 is 10.6 Å². The van der Waals surface area contributed by atoms with Gasteiger partial charge in [0, 0.05) is 18.8 Å². The smallest absolute Gasteiger partial charge is 0.228 e. The van der Waals surface area contributed by atoms with Crippen molar-refractivity contribution >= 4 is 23.2 Å². The second-order valence-corrected chi connectivity index (χ2v) is 5.73. The normalized spacial score (nSPS) is 10.4. The van der Waals surface area contributed by atoms with Crippen LogP contribution in [0.25, 0.3) is 5.69 Å². The molecule has 0 aliphatic rings. The topological polar surface area (TPSA) is 76.0 Å². The molecule has 1 heterocycles. The molecule has 0 spiro atoms. The van der Waals surface area contributed by atoms with E-state index < -0.39 is 5.82 Å². The number of amides is 2. The molecule has 0 aliphatic carbocycles. The molecule has 6 nitrogen and oxygen atoms in total. The van der Waals surface area contributed by atoms with Crippen molar-refractivity contribution in [3.63, 3.8) is 0 Å². The van der Waals surface area contributed by atoms with Gasteiger partial charge in [-0.2, -0.15) is 5.10 Å². The van der Waals surface area contributed by atoms with Gasteiger partial charge in [0.15, 0.2) is 0 Å². The van der Waals surface area contributed by atoms with E-state index in [4.69, 9.17) is 0 Å². The van der Waals surface area contributed by atoms with E-state index in [9.17, 15) is 14.0 Å². The van der Waals surface area contributed by atoms with E-state index in [1.807, 2.05) is 30.3 Å². The SMILES string of the molecule is CC(=O)Nc1cc(NC(=O)Cc2cnn(-c3ccccc3)c2)ccc1F. The molecule has 7 heteroatoms. The average molecular weight is 352 g/mol. The number of rotatable bonds is 5. The number of hydrogen-bond donors (Lipinski definition) is 2. The molecule has 3 rings (SSSR count). The van der Waals surface area contributed by atoms with Gasteiger partial charge in [-0.25, -0.2) is 9.07 Å². The summed E-state index contributed by atoms with van der Waals surface area (Å²) in [5.74, 6) is -1.22. The minimum atomic E-state index is -0.567. The predicted octanol–water partition coefficient (Wildman–Crippen LogP) is 3.15. The third-order valence-electron chi connectivity index (χ3n) is 3.58. The number of para-hydroxylation sites is 1. The summed E-state index contributed by atoms with van der Waals surface area (Å²) in [5.41, 5.74) is 2.07. The molecule has 0 bridgehead atoms. The number of benzene rings is 2. The summed E-state index contributed by atoms with van der Waals surface area (Å²) in [7, 11) is 0. The number of anilines is 2. The maximum absolute atomic E-state index is 13.6. The standard InChI is InChI=1S/C19H17FN4O2/c1-13(25)22-18-10-15(7-8-17(18)20)23-19(26)9-14-11-21-24(12-14)16-5-3-2-4-6-16/h2-8,10-12H,9H2,1H3,(H,22,25)(H,23,26). The minimum Gasteiger partial charge on any atom is -0.326 e. The highest BCUT2D eigenvalue weighted by Gasteiger charge is 2.10. The van der Waals surface area contributed by atoms with Crippen molar-refractivity contribution in [1.29, 1.82) is 0 Å². The highest BCUT2D eigenvalue weighted by atomic mass is 19.1. The van der Waals surface area contributed by atoms with Crippen LogP contribution in [0.15, 0.2) is 60.9 Å².